The molecule has 1 aromatic rings. The van der Waals surface area contributed by atoms with Crippen LogP contribution in [-0.4, -0.2) is 30.8 Å². The normalized spacial score (nSPS) is 21.5. The maximum atomic E-state index is 11.5. The molecule has 0 saturated heterocycles. The Balaban J connectivity index is 1.86. The lowest BCUT2D eigenvalue weighted by Gasteiger charge is -2.17. The highest BCUT2D eigenvalue weighted by Gasteiger charge is 2.31. The van der Waals surface area contributed by atoms with Crippen molar-refractivity contribution in [2.24, 2.45) is 0 Å². The van der Waals surface area contributed by atoms with Gasteiger partial charge in [0.25, 0.3) is 0 Å². The van der Waals surface area contributed by atoms with Crippen LogP contribution in [0.25, 0.3) is 0 Å². The molecule has 4 nitrogen and oxygen atoms in total. The summed E-state index contributed by atoms with van der Waals surface area (Å²) >= 11 is 0. The SMILES string of the molecule is CNC(=O)C(O)CC1CCc2ccc3c(c21)CCO3. The van der Waals surface area contributed by atoms with Gasteiger partial charge in [-0.2, -0.15) is 0 Å². The van der Waals surface area contributed by atoms with Crippen molar-refractivity contribution in [1.82, 2.24) is 5.32 Å². The molecule has 0 bridgehead atoms. The molecular weight excluding hydrogens is 242 g/mol. The van der Waals surface area contributed by atoms with E-state index in [4.69, 9.17) is 4.74 Å². The fraction of sp³-hybridized carbons (Fsp3) is 0.533. The maximum Gasteiger partial charge on any atom is 0.248 e. The van der Waals surface area contributed by atoms with Gasteiger partial charge in [0.15, 0.2) is 0 Å². The van der Waals surface area contributed by atoms with Crippen molar-refractivity contribution in [3.8, 4) is 5.75 Å². The number of carbonyl (C=O) groups is 1. The zero-order chi connectivity index (χ0) is 13.4. The summed E-state index contributed by atoms with van der Waals surface area (Å²) in [6.07, 6.45) is 2.58. The Morgan fingerprint density at radius 2 is 2.37 bits per heavy atom. The van der Waals surface area contributed by atoms with Crippen LogP contribution in [0.1, 0.15) is 35.4 Å². The molecular formula is C15H19NO3. The van der Waals surface area contributed by atoms with Gasteiger partial charge in [-0.15, -0.1) is 0 Å². The molecule has 0 radical (unpaired) electrons. The van der Waals surface area contributed by atoms with E-state index in [-0.39, 0.29) is 11.8 Å². The molecule has 2 unspecified atom stereocenters. The van der Waals surface area contributed by atoms with Crippen molar-refractivity contribution in [2.75, 3.05) is 13.7 Å². The minimum atomic E-state index is -0.917. The third-order valence-corrected chi connectivity index (χ3v) is 4.24. The van der Waals surface area contributed by atoms with Crippen molar-refractivity contribution in [2.45, 2.75) is 37.7 Å². The fourth-order valence-corrected chi connectivity index (χ4v) is 3.33. The molecule has 1 amide bonds. The quantitative estimate of drug-likeness (QED) is 0.858. The highest BCUT2D eigenvalue weighted by molar-refractivity contribution is 5.80. The van der Waals surface area contributed by atoms with E-state index in [1.165, 1.54) is 16.7 Å². The van der Waals surface area contributed by atoms with E-state index < -0.39 is 6.10 Å². The third kappa shape index (κ3) is 2.10. The predicted molar refractivity (Wildman–Crippen MR) is 71.4 cm³/mol. The molecule has 1 aliphatic carbocycles. The number of carbonyl (C=O) groups excluding carboxylic acids is 1. The Morgan fingerprint density at radius 1 is 1.53 bits per heavy atom. The molecule has 0 saturated carbocycles. The molecule has 0 spiro atoms. The maximum absolute atomic E-state index is 11.5. The van der Waals surface area contributed by atoms with Crippen LogP contribution in [-0.2, 0) is 17.6 Å². The molecule has 2 atom stereocenters. The molecule has 102 valence electrons. The van der Waals surface area contributed by atoms with E-state index in [9.17, 15) is 9.90 Å². The molecule has 1 aromatic carbocycles. The van der Waals surface area contributed by atoms with E-state index in [1.54, 1.807) is 7.05 Å². The molecule has 2 N–H and O–H groups in total. The van der Waals surface area contributed by atoms with Crippen LogP contribution in [0.3, 0.4) is 0 Å². The van der Waals surface area contributed by atoms with Crippen molar-refractivity contribution in [1.29, 1.82) is 0 Å². The van der Waals surface area contributed by atoms with Crippen molar-refractivity contribution in [3.63, 3.8) is 0 Å². The first kappa shape index (κ1) is 12.5. The number of rotatable bonds is 3. The first-order valence-corrected chi connectivity index (χ1v) is 6.88. The Hall–Kier alpha value is -1.55. The lowest BCUT2D eigenvalue weighted by Crippen LogP contribution is -2.32. The highest BCUT2D eigenvalue weighted by Crippen LogP contribution is 2.43. The number of hydrogen-bond donors (Lipinski definition) is 2. The summed E-state index contributed by atoms with van der Waals surface area (Å²) < 4.78 is 5.60. The molecule has 1 aliphatic heterocycles. The number of aliphatic hydroxyl groups is 1. The van der Waals surface area contributed by atoms with Gasteiger partial charge in [-0.1, -0.05) is 6.07 Å². The summed E-state index contributed by atoms with van der Waals surface area (Å²) in [5, 5.41) is 12.4. The van der Waals surface area contributed by atoms with Gasteiger partial charge in [0.05, 0.1) is 6.61 Å². The fourth-order valence-electron chi connectivity index (χ4n) is 3.33. The predicted octanol–water partition coefficient (Wildman–Crippen LogP) is 1.15. The summed E-state index contributed by atoms with van der Waals surface area (Å²) in [5.41, 5.74) is 3.99. The molecule has 0 fully saturated rings. The van der Waals surface area contributed by atoms with Crippen LogP contribution in [0, 0.1) is 0 Å². The lowest BCUT2D eigenvalue weighted by molar-refractivity contribution is -0.129. The first-order valence-electron chi connectivity index (χ1n) is 6.88. The molecule has 0 aromatic heterocycles. The monoisotopic (exact) mass is 261 g/mol. The van der Waals surface area contributed by atoms with Gasteiger partial charge in [0, 0.05) is 19.0 Å². The molecule has 2 aliphatic rings. The Kier molecular flexibility index (Phi) is 3.19. The third-order valence-electron chi connectivity index (χ3n) is 4.24. The second-order valence-electron chi connectivity index (χ2n) is 5.31. The van der Waals surface area contributed by atoms with Crippen molar-refractivity contribution in [3.05, 3.63) is 28.8 Å². The van der Waals surface area contributed by atoms with Gasteiger partial charge in [-0.3, -0.25) is 4.79 Å². The van der Waals surface area contributed by atoms with Crippen LogP contribution < -0.4 is 10.1 Å². The van der Waals surface area contributed by atoms with Crippen LogP contribution in [0.2, 0.25) is 0 Å². The summed E-state index contributed by atoms with van der Waals surface area (Å²) in [6.45, 7) is 0.747. The van der Waals surface area contributed by atoms with E-state index in [2.05, 4.69) is 17.4 Å². The lowest BCUT2D eigenvalue weighted by atomic mass is 9.90. The molecule has 4 heteroatoms. The van der Waals surface area contributed by atoms with Crippen LogP contribution in [0.5, 0.6) is 5.75 Å². The topological polar surface area (TPSA) is 58.6 Å². The van der Waals surface area contributed by atoms with Gasteiger partial charge in [-0.25, -0.2) is 0 Å². The van der Waals surface area contributed by atoms with Gasteiger partial charge < -0.3 is 15.2 Å². The van der Waals surface area contributed by atoms with E-state index in [1.807, 2.05) is 0 Å². The summed E-state index contributed by atoms with van der Waals surface area (Å²) in [7, 11) is 1.56. The number of amides is 1. The van der Waals surface area contributed by atoms with E-state index in [0.29, 0.717) is 6.42 Å². The highest BCUT2D eigenvalue weighted by atomic mass is 16.5. The average Bonchev–Trinajstić information content (AvgIpc) is 3.03. The minimum Gasteiger partial charge on any atom is -0.493 e. The summed E-state index contributed by atoms with van der Waals surface area (Å²) in [6, 6.07) is 4.19. The minimum absolute atomic E-state index is 0.277. The zero-order valence-electron chi connectivity index (χ0n) is 11.1. The number of nitrogens with one attached hydrogen (secondary N) is 1. The van der Waals surface area contributed by atoms with Gasteiger partial charge in [-0.05, 0) is 42.4 Å². The Labute approximate surface area is 112 Å². The van der Waals surface area contributed by atoms with Gasteiger partial charge in [0.1, 0.15) is 11.9 Å². The number of benzene rings is 1. The van der Waals surface area contributed by atoms with Gasteiger partial charge >= 0.3 is 0 Å². The van der Waals surface area contributed by atoms with Crippen LogP contribution >= 0.6 is 0 Å². The second-order valence-corrected chi connectivity index (χ2v) is 5.31. The number of aliphatic hydroxyl groups excluding tert-OH is 1. The number of likely N-dealkylation sites (N-methyl/N-ethyl adjacent to an activating group) is 1. The molecule has 3 rings (SSSR count). The van der Waals surface area contributed by atoms with E-state index in [0.717, 1.165) is 31.6 Å². The standard InChI is InChI=1S/C15H19NO3/c1-16-15(18)12(17)8-10-3-2-9-4-5-13-11(14(9)10)6-7-19-13/h4-5,10,12,17H,2-3,6-8H2,1H3,(H,16,18). The van der Waals surface area contributed by atoms with Gasteiger partial charge in [0.2, 0.25) is 5.91 Å². The van der Waals surface area contributed by atoms with Crippen LogP contribution in [0.4, 0.5) is 0 Å². The smallest absolute Gasteiger partial charge is 0.248 e. The number of fused-ring (bicyclic) bond motifs is 3. The van der Waals surface area contributed by atoms with E-state index >= 15 is 0 Å². The van der Waals surface area contributed by atoms with Crippen molar-refractivity contribution >= 4 is 5.91 Å². The largest absolute Gasteiger partial charge is 0.493 e. The van der Waals surface area contributed by atoms with Crippen molar-refractivity contribution < 1.29 is 14.6 Å². The average molecular weight is 261 g/mol. The molecule has 1 heterocycles. The second kappa shape index (κ2) is 4.85. The zero-order valence-corrected chi connectivity index (χ0v) is 11.1. The summed E-state index contributed by atoms with van der Waals surface area (Å²) in [5.74, 6) is 0.969. The molecule has 19 heavy (non-hydrogen) atoms. The Morgan fingerprint density at radius 3 is 3.16 bits per heavy atom. The number of ether oxygens (including phenoxy) is 1. The number of aryl methyl sites for hydroxylation is 1. The Bertz CT molecular complexity index is 512. The first-order chi connectivity index (χ1) is 9.20. The van der Waals surface area contributed by atoms with Crippen LogP contribution in [0.15, 0.2) is 12.1 Å². The number of hydrogen-bond acceptors (Lipinski definition) is 3. The summed E-state index contributed by atoms with van der Waals surface area (Å²) in [4.78, 5) is 11.5.